The minimum absolute atomic E-state index is 0.000671. The van der Waals surface area contributed by atoms with Crippen LogP contribution in [-0.2, 0) is 16.6 Å². The Morgan fingerprint density at radius 1 is 0.968 bits per heavy atom. The maximum atomic E-state index is 13.5. The topological polar surface area (TPSA) is 66.5 Å². The normalized spacial score (nSPS) is 11.0. The van der Waals surface area contributed by atoms with Crippen molar-refractivity contribution >= 4 is 44.8 Å². The molecule has 0 bridgehead atoms. The molecular formula is C23H20Cl2N2O3S. The first-order valence-electron chi connectivity index (χ1n) is 9.34. The second-order valence-corrected chi connectivity index (χ2v) is 9.23. The molecule has 0 aliphatic carbocycles. The summed E-state index contributed by atoms with van der Waals surface area (Å²) in [5, 5.41) is 3.05. The maximum Gasteiger partial charge on any atom is 0.266 e. The van der Waals surface area contributed by atoms with Crippen molar-refractivity contribution in [2.45, 2.75) is 11.4 Å². The summed E-state index contributed by atoms with van der Waals surface area (Å²) in [6.45, 7) is 3.93. The molecule has 8 heteroatoms. The molecular weight excluding hydrogens is 455 g/mol. The highest BCUT2D eigenvalue weighted by Gasteiger charge is 2.28. The second-order valence-electron chi connectivity index (χ2n) is 6.59. The number of carbonyl (C=O) groups is 1. The zero-order chi connectivity index (χ0) is 22.4. The Bertz CT molecular complexity index is 1200. The van der Waals surface area contributed by atoms with Gasteiger partial charge in [0.05, 0.1) is 22.3 Å². The number of para-hydroxylation sites is 1. The molecule has 0 spiro atoms. The van der Waals surface area contributed by atoms with Crippen LogP contribution in [-0.4, -0.2) is 20.9 Å². The van der Waals surface area contributed by atoms with Crippen molar-refractivity contribution in [1.29, 1.82) is 0 Å². The van der Waals surface area contributed by atoms with Gasteiger partial charge in [0, 0.05) is 12.1 Å². The van der Waals surface area contributed by atoms with E-state index in [1.54, 1.807) is 24.3 Å². The van der Waals surface area contributed by atoms with Crippen LogP contribution < -0.4 is 9.62 Å². The van der Waals surface area contributed by atoms with Gasteiger partial charge in [0.15, 0.2) is 0 Å². The highest BCUT2D eigenvalue weighted by Crippen LogP contribution is 2.33. The van der Waals surface area contributed by atoms with Crippen molar-refractivity contribution in [3.8, 4) is 0 Å². The van der Waals surface area contributed by atoms with Gasteiger partial charge in [-0.05, 0) is 35.9 Å². The van der Waals surface area contributed by atoms with E-state index in [9.17, 15) is 13.2 Å². The Kier molecular flexibility index (Phi) is 7.38. The summed E-state index contributed by atoms with van der Waals surface area (Å²) in [7, 11) is -4.13. The van der Waals surface area contributed by atoms with Crippen LogP contribution in [0.4, 0.5) is 5.69 Å². The lowest BCUT2D eigenvalue weighted by atomic mass is 10.2. The predicted octanol–water partition coefficient (Wildman–Crippen LogP) is 5.30. The van der Waals surface area contributed by atoms with E-state index in [1.807, 2.05) is 30.3 Å². The van der Waals surface area contributed by atoms with Crippen molar-refractivity contribution in [2.24, 2.45) is 0 Å². The summed E-state index contributed by atoms with van der Waals surface area (Å²) in [6, 6.07) is 20.1. The molecule has 0 heterocycles. The monoisotopic (exact) mass is 474 g/mol. The first-order chi connectivity index (χ1) is 14.8. The molecule has 1 amide bonds. The Morgan fingerprint density at radius 3 is 2.32 bits per heavy atom. The van der Waals surface area contributed by atoms with Gasteiger partial charge in [-0.25, -0.2) is 8.42 Å². The number of anilines is 1. The molecule has 0 atom stereocenters. The van der Waals surface area contributed by atoms with Gasteiger partial charge < -0.3 is 5.32 Å². The molecule has 0 aliphatic heterocycles. The summed E-state index contributed by atoms with van der Waals surface area (Å²) < 4.78 is 28.0. The van der Waals surface area contributed by atoms with Gasteiger partial charge >= 0.3 is 0 Å². The summed E-state index contributed by atoms with van der Waals surface area (Å²) in [5.74, 6) is -0.412. The lowest BCUT2D eigenvalue weighted by molar-refractivity contribution is 0.0950. The van der Waals surface area contributed by atoms with Crippen LogP contribution in [0, 0.1) is 0 Å². The summed E-state index contributed by atoms with van der Waals surface area (Å²) in [4.78, 5) is 12.4. The third-order valence-corrected chi connectivity index (χ3v) is 7.05. The molecule has 0 aliphatic rings. The molecule has 3 aromatic carbocycles. The number of halogens is 2. The minimum atomic E-state index is -4.13. The fourth-order valence-electron chi connectivity index (χ4n) is 2.94. The number of hydrogen-bond donors (Lipinski definition) is 1. The van der Waals surface area contributed by atoms with Crippen LogP contribution in [0.25, 0.3) is 0 Å². The zero-order valence-corrected chi connectivity index (χ0v) is 18.8. The predicted molar refractivity (Wildman–Crippen MR) is 125 cm³/mol. The smallest absolute Gasteiger partial charge is 0.266 e. The van der Waals surface area contributed by atoms with Crippen molar-refractivity contribution in [3.05, 3.63) is 107 Å². The Hall–Kier alpha value is -2.80. The fraction of sp³-hybridized carbons (Fsp3) is 0.0870. The number of hydrogen-bond acceptors (Lipinski definition) is 3. The number of amides is 1. The molecule has 160 valence electrons. The van der Waals surface area contributed by atoms with Gasteiger partial charge in [-0.3, -0.25) is 9.10 Å². The van der Waals surface area contributed by atoms with Crippen LogP contribution in [0.3, 0.4) is 0 Å². The highest BCUT2D eigenvalue weighted by molar-refractivity contribution is 7.93. The average molecular weight is 475 g/mol. The molecule has 0 unspecified atom stereocenters. The summed E-state index contributed by atoms with van der Waals surface area (Å²) in [6.07, 6.45) is 1.45. The Balaban J connectivity index is 1.94. The summed E-state index contributed by atoms with van der Waals surface area (Å²) in [5.41, 5.74) is 1.39. The highest BCUT2D eigenvalue weighted by atomic mass is 35.5. The van der Waals surface area contributed by atoms with E-state index in [0.29, 0.717) is 12.2 Å². The van der Waals surface area contributed by atoms with Crippen molar-refractivity contribution in [2.75, 3.05) is 10.8 Å². The van der Waals surface area contributed by atoms with Gasteiger partial charge in [-0.15, -0.1) is 6.58 Å². The van der Waals surface area contributed by atoms with Crippen LogP contribution in [0.2, 0.25) is 10.0 Å². The van der Waals surface area contributed by atoms with E-state index in [4.69, 9.17) is 23.2 Å². The molecule has 5 nitrogen and oxygen atoms in total. The van der Waals surface area contributed by atoms with E-state index in [1.165, 1.54) is 24.3 Å². The van der Waals surface area contributed by atoms with Crippen LogP contribution in [0.5, 0.6) is 0 Å². The minimum Gasteiger partial charge on any atom is -0.348 e. The van der Waals surface area contributed by atoms with E-state index >= 15 is 0 Å². The molecule has 1 N–H and O–H groups in total. The summed E-state index contributed by atoms with van der Waals surface area (Å²) >= 11 is 12.5. The molecule has 31 heavy (non-hydrogen) atoms. The van der Waals surface area contributed by atoms with Gasteiger partial charge in [0.2, 0.25) is 0 Å². The van der Waals surface area contributed by atoms with Gasteiger partial charge in [-0.1, -0.05) is 71.7 Å². The Labute approximate surface area is 192 Å². The molecule has 0 saturated carbocycles. The molecule has 0 aromatic heterocycles. The molecule has 3 aromatic rings. The van der Waals surface area contributed by atoms with Gasteiger partial charge in [0.25, 0.3) is 15.9 Å². The van der Waals surface area contributed by atoms with E-state index in [-0.39, 0.29) is 27.0 Å². The van der Waals surface area contributed by atoms with Crippen LogP contribution in [0.1, 0.15) is 15.9 Å². The average Bonchev–Trinajstić information content (AvgIpc) is 2.77. The van der Waals surface area contributed by atoms with Crippen molar-refractivity contribution in [1.82, 2.24) is 5.32 Å². The third kappa shape index (κ3) is 5.28. The standard InChI is InChI=1S/C23H20Cl2N2O3S/c1-2-14-27(21-11-7-6-10-19(21)24)31(29,30)22-15-18(12-13-20(22)25)23(28)26-16-17-8-4-3-5-9-17/h2-13,15H,1,14,16H2,(H,26,28). The lowest BCUT2D eigenvalue weighted by Gasteiger charge is -2.24. The lowest BCUT2D eigenvalue weighted by Crippen LogP contribution is -2.32. The van der Waals surface area contributed by atoms with Crippen LogP contribution in [0.15, 0.2) is 90.3 Å². The molecule has 3 rings (SSSR count). The number of nitrogens with one attached hydrogen (secondary N) is 1. The first-order valence-corrected chi connectivity index (χ1v) is 11.5. The number of sulfonamides is 1. The number of rotatable bonds is 8. The number of benzene rings is 3. The number of carbonyl (C=O) groups excluding carboxylic acids is 1. The van der Waals surface area contributed by atoms with Gasteiger partial charge in [-0.2, -0.15) is 0 Å². The molecule has 0 radical (unpaired) electrons. The largest absolute Gasteiger partial charge is 0.348 e. The van der Waals surface area contributed by atoms with E-state index in [2.05, 4.69) is 11.9 Å². The first kappa shape index (κ1) is 22.9. The third-order valence-electron chi connectivity index (χ3n) is 4.47. The van der Waals surface area contributed by atoms with E-state index in [0.717, 1.165) is 9.87 Å². The molecule has 0 fully saturated rings. The zero-order valence-electron chi connectivity index (χ0n) is 16.5. The van der Waals surface area contributed by atoms with Crippen molar-refractivity contribution < 1.29 is 13.2 Å². The fourth-order valence-corrected chi connectivity index (χ4v) is 5.18. The number of nitrogens with zero attached hydrogens (tertiary/aromatic N) is 1. The molecule has 0 saturated heterocycles. The van der Waals surface area contributed by atoms with Crippen LogP contribution >= 0.6 is 23.2 Å². The quantitative estimate of drug-likeness (QED) is 0.450. The second kappa shape index (κ2) is 10.0. The van der Waals surface area contributed by atoms with E-state index < -0.39 is 15.9 Å². The Morgan fingerprint density at radius 2 is 1.65 bits per heavy atom. The maximum absolute atomic E-state index is 13.5. The SMILES string of the molecule is C=CCN(c1ccccc1Cl)S(=O)(=O)c1cc(C(=O)NCc2ccccc2)ccc1Cl. The van der Waals surface area contributed by atoms with Crippen molar-refractivity contribution in [3.63, 3.8) is 0 Å². The van der Waals surface area contributed by atoms with Gasteiger partial charge in [0.1, 0.15) is 4.90 Å².